The predicted octanol–water partition coefficient (Wildman–Crippen LogP) is 2.15. The van der Waals surface area contributed by atoms with E-state index in [1.165, 1.54) is 6.08 Å². The van der Waals surface area contributed by atoms with E-state index in [9.17, 15) is 5.11 Å². The molecule has 0 heterocycles. The maximum Gasteiger partial charge on any atom is 0.126 e. The Morgan fingerprint density at radius 1 is 1.29 bits per heavy atom. The maximum atomic E-state index is 10.3. The summed E-state index contributed by atoms with van der Waals surface area (Å²) < 4.78 is 10.2. The van der Waals surface area contributed by atoms with Crippen molar-refractivity contribution in [2.24, 2.45) is 0 Å². The van der Waals surface area contributed by atoms with Crippen molar-refractivity contribution in [1.29, 1.82) is 0 Å². The molecule has 0 saturated carbocycles. The van der Waals surface area contributed by atoms with Gasteiger partial charge in [-0.15, -0.1) is 0 Å². The highest BCUT2D eigenvalue weighted by Crippen LogP contribution is 2.24. The standard InChI is InChI=1S/C11H13O3/c1-13-10-5-6-11(14-2)9(8-10)4-3-7-12/h3-6,8H,7H2,1-2H3. The van der Waals surface area contributed by atoms with E-state index in [1.54, 1.807) is 20.3 Å². The number of hydrogen-bond acceptors (Lipinski definition) is 2. The van der Waals surface area contributed by atoms with Crippen molar-refractivity contribution in [1.82, 2.24) is 0 Å². The maximum absolute atomic E-state index is 10.3. The first-order valence-electron chi connectivity index (χ1n) is 4.28. The fraction of sp³-hybridized carbons (Fsp3) is 0.273. The molecule has 0 atom stereocenters. The third-order valence-electron chi connectivity index (χ3n) is 1.83. The fourth-order valence-corrected chi connectivity index (χ4v) is 1.14. The summed E-state index contributed by atoms with van der Waals surface area (Å²) in [5, 5.41) is 10.3. The summed E-state index contributed by atoms with van der Waals surface area (Å²) in [5.41, 5.74) is 0.850. The molecule has 0 unspecified atom stereocenters. The number of benzene rings is 1. The van der Waals surface area contributed by atoms with Crippen molar-refractivity contribution in [2.75, 3.05) is 20.8 Å². The van der Waals surface area contributed by atoms with Crippen LogP contribution in [0.15, 0.2) is 24.3 Å². The molecule has 0 saturated heterocycles. The molecule has 0 aliphatic heterocycles. The second kappa shape index (κ2) is 5.29. The summed E-state index contributed by atoms with van der Waals surface area (Å²) in [5.74, 6) is 1.48. The minimum absolute atomic E-state index is 0.236. The summed E-state index contributed by atoms with van der Waals surface area (Å²) in [6.07, 6.45) is 3.27. The SMILES string of the molecule is COc1ccc(OC)c(C=CC[O])c1. The van der Waals surface area contributed by atoms with E-state index in [2.05, 4.69) is 0 Å². The van der Waals surface area contributed by atoms with Crippen LogP contribution in [-0.2, 0) is 5.11 Å². The van der Waals surface area contributed by atoms with Crippen LogP contribution in [0.3, 0.4) is 0 Å². The van der Waals surface area contributed by atoms with E-state index in [0.717, 1.165) is 17.1 Å². The van der Waals surface area contributed by atoms with Gasteiger partial charge in [-0.2, -0.15) is 0 Å². The molecule has 0 N–H and O–H groups in total. The lowest BCUT2D eigenvalue weighted by Gasteiger charge is -2.06. The van der Waals surface area contributed by atoms with Crippen LogP contribution in [0.2, 0.25) is 0 Å². The first-order valence-corrected chi connectivity index (χ1v) is 4.28. The minimum Gasteiger partial charge on any atom is -0.497 e. The molecule has 0 fully saturated rings. The molecule has 3 nitrogen and oxygen atoms in total. The van der Waals surface area contributed by atoms with Crippen LogP contribution in [0.4, 0.5) is 0 Å². The Balaban J connectivity index is 3.02. The van der Waals surface area contributed by atoms with Gasteiger partial charge in [0.05, 0.1) is 14.2 Å². The van der Waals surface area contributed by atoms with Gasteiger partial charge in [0.1, 0.15) is 18.1 Å². The van der Waals surface area contributed by atoms with Crippen LogP contribution in [0.25, 0.3) is 6.08 Å². The van der Waals surface area contributed by atoms with E-state index >= 15 is 0 Å². The second-order valence-corrected chi connectivity index (χ2v) is 2.68. The molecule has 14 heavy (non-hydrogen) atoms. The van der Waals surface area contributed by atoms with Crippen LogP contribution in [0.5, 0.6) is 11.5 Å². The van der Waals surface area contributed by atoms with Crippen LogP contribution >= 0.6 is 0 Å². The number of rotatable bonds is 4. The van der Waals surface area contributed by atoms with Gasteiger partial charge in [0.25, 0.3) is 0 Å². The second-order valence-electron chi connectivity index (χ2n) is 2.68. The third kappa shape index (κ3) is 2.50. The summed E-state index contributed by atoms with van der Waals surface area (Å²) in [6.45, 7) is -0.236. The molecule has 1 rings (SSSR count). The Morgan fingerprint density at radius 3 is 2.64 bits per heavy atom. The van der Waals surface area contributed by atoms with Crippen molar-refractivity contribution in [3.63, 3.8) is 0 Å². The van der Waals surface area contributed by atoms with Gasteiger partial charge < -0.3 is 9.47 Å². The molecular weight excluding hydrogens is 180 g/mol. The number of hydrogen-bond donors (Lipinski definition) is 0. The number of methoxy groups -OCH3 is 2. The average Bonchev–Trinajstić information content (AvgIpc) is 2.25. The monoisotopic (exact) mass is 193 g/mol. The van der Waals surface area contributed by atoms with Crippen molar-refractivity contribution >= 4 is 6.08 Å². The van der Waals surface area contributed by atoms with Crippen LogP contribution in [-0.4, -0.2) is 20.8 Å². The molecule has 1 radical (unpaired) electrons. The van der Waals surface area contributed by atoms with Crippen LogP contribution < -0.4 is 9.47 Å². The minimum atomic E-state index is -0.236. The van der Waals surface area contributed by atoms with Gasteiger partial charge in [0, 0.05) is 5.56 Å². The predicted molar refractivity (Wildman–Crippen MR) is 54.1 cm³/mol. The Labute approximate surface area is 83.6 Å². The highest BCUT2D eigenvalue weighted by molar-refractivity contribution is 5.59. The van der Waals surface area contributed by atoms with Gasteiger partial charge in [0.2, 0.25) is 0 Å². The van der Waals surface area contributed by atoms with Crippen molar-refractivity contribution < 1.29 is 14.6 Å². The van der Waals surface area contributed by atoms with Gasteiger partial charge in [-0.1, -0.05) is 12.2 Å². The van der Waals surface area contributed by atoms with Crippen molar-refractivity contribution in [3.05, 3.63) is 29.8 Å². The normalized spacial score (nSPS) is 10.5. The Hall–Kier alpha value is -1.48. The third-order valence-corrected chi connectivity index (χ3v) is 1.83. The van der Waals surface area contributed by atoms with E-state index in [-0.39, 0.29) is 6.61 Å². The number of ether oxygens (including phenoxy) is 2. The van der Waals surface area contributed by atoms with E-state index in [1.807, 2.05) is 18.2 Å². The van der Waals surface area contributed by atoms with Gasteiger partial charge in [-0.25, -0.2) is 5.11 Å². The van der Waals surface area contributed by atoms with Crippen LogP contribution in [0, 0.1) is 0 Å². The summed E-state index contributed by atoms with van der Waals surface area (Å²) in [6, 6.07) is 5.45. The molecule has 0 aliphatic rings. The molecule has 3 heteroatoms. The molecule has 0 aromatic heterocycles. The van der Waals surface area contributed by atoms with Crippen molar-refractivity contribution in [3.8, 4) is 11.5 Å². The summed E-state index contributed by atoms with van der Waals surface area (Å²) in [7, 11) is 3.19. The topological polar surface area (TPSA) is 38.4 Å². The lowest BCUT2D eigenvalue weighted by molar-refractivity contribution is 0.233. The Morgan fingerprint density at radius 2 is 2.07 bits per heavy atom. The van der Waals surface area contributed by atoms with E-state index in [0.29, 0.717) is 0 Å². The largest absolute Gasteiger partial charge is 0.497 e. The smallest absolute Gasteiger partial charge is 0.126 e. The van der Waals surface area contributed by atoms with Crippen LogP contribution in [0.1, 0.15) is 5.56 Å². The van der Waals surface area contributed by atoms with E-state index in [4.69, 9.17) is 9.47 Å². The van der Waals surface area contributed by atoms with Gasteiger partial charge >= 0.3 is 0 Å². The molecule has 1 aromatic rings. The lowest BCUT2D eigenvalue weighted by atomic mass is 10.2. The first kappa shape index (κ1) is 10.6. The molecule has 0 amide bonds. The summed E-state index contributed by atoms with van der Waals surface area (Å²) >= 11 is 0. The molecule has 75 valence electrons. The molecule has 0 bridgehead atoms. The molecule has 1 aromatic carbocycles. The van der Waals surface area contributed by atoms with Gasteiger partial charge in [-0.3, -0.25) is 0 Å². The molecule has 0 aliphatic carbocycles. The quantitative estimate of drug-likeness (QED) is 0.734. The zero-order chi connectivity index (χ0) is 10.4. The Kier molecular flexibility index (Phi) is 4.01. The summed E-state index contributed by atoms with van der Waals surface area (Å²) in [4.78, 5) is 0. The highest BCUT2D eigenvalue weighted by atomic mass is 16.5. The van der Waals surface area contributed by atoms with Gasteiger partial charge in [0.15, 0.2) is 0 Å². The Bertz CT molecular complexity index is 318. The first-order chi connectivity index (χ1) is 6.81. The zero-order valence-corrected chi connectivity index (χ0v) is 8.32. The van der Waals surface area contributed by atoms with Gasteiger partial charge in [-0.05, 0) is 18.2 Å². The molecule has 0 spiro atoms. The molecular formula is C11H13O3. The fourth-order valence-electron chi connectivity index (χ4n) is 1.14. The zero-order valence-electron chi connectivity index (χ0n) is 8.32. The highest BCUT2D eigenvalue weighted by Gasteiger charge is 2.00. The lowest BCUT2D eigenvalue weighted by Crippen LogP contribution is -1.89. The van der Waals surface area contributed by atoms with Crippen molar-refractivity contribution in [2.45, 2.75) is 0 Å². The van der Waals surface area contributed by atoms with E-state index < -0.39 is 0 Å². The average molecular weight is 193 g/mol.